The summed E-state index contributed by atoms with van der Waals surface area (Å²) in [6.45, 7) is 3.51. The summed E-state index contributed by atoms with van der Waals surface area (Å²) in [5.41, 5.74) is 3.22. The Morgan fingerprint density at radius 2 is 2.20 bits per heavy atom. The molecule has 7 heteroatoms. The molecule has 1 N–H and O–H groups in total. The van der Waals surface area contributed by atoms with Crippen molar-refractivity contribution in [2.45, 2.75) is 64.6 Å². The zero-order valence-electron chi connectivity index (χ0n) is 14.6. The predicted molar refractivity (Wildman–Crippen MR) is 90.1 cm³/mol. The van der Waals surface area contributed by atoms with Crippen LogP contribution in [-0.4, -0.2) is 27.5 Å². The van der Waals surface area contributed by atoms with E-state index in [1.165, 1.54) is 19.3 Å². The lowest BCUT2D eigenvalue weighted by Gasteiger charge is -2.23. The van der Waals surface area contributed by atoms with Crippen LogP contribution in [0.1, 0.15) is 71.3 Å². The Morgan fingerprint density at radius 3 is 3.04 bits per heavy atom. The Morgan fingerprint density at radius 1 is 1.36 bits per heavy atom. The van der Waals surface area contributed by atoms with Gasteiger partial charge in [0.25, 0.3) is 5.91 Å². The van der Waals surface area contributed by atoms with Gasteiger partial charge in [0.1, 0.15) is 17.1 Å². The fourth-order valence-corrected chi connectivity index (χ4v) is 3.77. The fraction of sp³-hybridized carbons (Fsp3) is 0.611. The maximum atomic E-state index is 12.5. The van der Waals surface area contributed by atoms with Gasteiger partial charge < -0.3 is 14.6 Å². The van der Waals surface area contributed by atoms with Crippen LogP contribution in [0.4, 0.5) is 0 Å². The summed E-state index contributed by atoms with van der Waals surface area (Å²) in [7, 11) is 0. The van der Waals surface area contributed by atoms with Crippen molar-refractivity contribution in [3.8, 4) is 0 Å². The smallest absolute Gasteiger partial charge is 0.272 e. The van der Waals surface area contributed by atoms with Crippen molar-refractivity contribution in [1.29, 1.82) is 0 Å². The summed E-state index contributed by atoms with van der Waals surface area (Å²) in [4.78, 5) is 12.5. The molecule has 1 aliphatic carbocycles. The number of carbonyl (C=O) groups is 1. The van der Waals surface area contributed by atoms with Crippen molar-refractivity contribution < 1.29 is 14.1 Å². The SMILES string of the molecule is Cc1cc(C(=O)NCc2noc3c2COCC3)nn1C1CCCCC1. The van der Waals surface area contributed by atoms with Crippen molar-refractivity contribution in [1.82, 2.24) is 20.3 Å². The summed E-state index contributed by atoms with van der Waals surface area (Å²) in [6.07, 6.45) is 6.82. The summed E-state index contributed by atoms with van der Waals surface area (Å²) >= 11 is 0. The van der Waals surface area contributed by atoms with Gasteiger partial charge in [0.2, 0.25) is 0 Å². The largest absolute Gasteiger partial charge is 0.376 e. The molecule has 2 aromatic rings. The van der Waals surface area contributed by atoms with Crippen molar-refractivity contribution in [2.24, 2.45) is 0 Å². The Balaban J connectivity index is 1.42. The van der Waals surface area contributed by atoms with E-state index in [0.717, 1.165) is 42.0 Å². The van der Waals surface area contributed by atoms with Gasteiger partial charge in [0, 0.05) is 17.7 Å². The number of aromatic nitrogens is 3. The van der Waals surface area contributed by atoms with Gasteiger partial charge in [-0.05, 0) is 25.8 Å². The molecule has 2 aliphatic rings. The third kappa shape index (κ3) is 3.33. The van der Waals surface area contributed by atoms with Gasteiger partial charge in [-0.15, -0.1) is 0 Å². The zero-order chi connectivity index (χ0) is 17.2. The first-order valence-corrected chi connectivity index (χ1v) is 9.11. The molecule has 25 heavy (non-hydrogen) atoms. The third-order valence-corrected chi connectivity index (χ3v) is 5.16. The van der Waals surface area contributed by atoms with Crippen LogP contribution in [0.25, 0.3) is 0 Å². The van der Waals surface area contributed by atoms with E-state index in [-0.39, 0.29) is 5.91 Å². The Kier molecular flexibility index (Phi) is 4.57. The van der Waals surface area contributed by atoms with Gasteiger partial charge in [0.15, 0.2) is 0 Å². The molecule has 3 heterocycles. The predicted octanol–water partition coefficient (Wildman–Crippen LogP) is 2.69. The highest BCUT2D eigenvalue weighted by molar-refractivity contribution is 5.92. The molecule has 4 rings (SSSR count). The molecule has 7 nitrogen and oxygen atoms in total. The maximum Gasteiger partial charge on any atom is 0.272 e. The molecule has 1 fully saturated rings. The second-order valence-electron chi connectivity index (χ2n) is 6.92. The quantitative estimate of drug-likeness (QED) is 0.922. The second kappa shape index (κ2) is 7.00. The Bertz CT molecular complexity index is 758. The lowest BCUT2D eigenvalue weighted by molar-refractivity contribution is 0.0940. The highest BCUT2D eigenvalue weighted by atomic mass is 16.5. The maximum absolute atomic E-state index is 12.5. The Labute approximate surface area is 146 Å². The van der Waals surface area contributed by atoms with Crippen LogP contribution in [0.15, 0.2) is 10.6 Å². The number of aryl methyl sites for hydroxylation is 1. The van der Waals surface area contributed by atoms with Gasteiger partial charge in [-0.2, -0.15) is 5.10 Å². The number of hydrogen-bond acceptors (Lipinski definition) is 5. The normalized spacial score (nSPS) is 18.1. The molecule has 1 saturated carbocycles. The second-order valence-corrected chi connectivity index (χ2v) is 6.92. The molecule has 1 amide bonds. The summed E-state index contributed by atoms with van der Waals surface area (Å²) in [6, 6.07) is 2.29. The summed E-state index contributed by atoms with van der Waals surface area (Å²) in [5.74, 6) is 0.694. The van der Waals surface area contributed by atoms with E-state index in [0.29, 0.717) is 31.5 Å². The van der Waals surface area contributed by atoms with E-state index in [1.54, 1.807) is 0 Å². The first kappa shape index (κ1) is 16.3. The van der Waals surface area contributed by atoms with Crippen LogP contribution in [0.5, 0.6) is 0 Å². The molecule has 134 valence electrons. The number of amides is 1. The molecule has 0 bridgehead atoms. The highest BCUT2D eigenvalue weighted by Crippen LogP contribution is 2.28. The van der Waals surface area contributed by atoms with E-state index < -0.39 is 0 Å². The van der Waals surface area contributed by atoms with Crippen molar-refractivity contribution in [3.63, 3.8) is 0 Å². The van der Waals surface area contributed by atoms with Gasteiger partial charge in [-0.1, -0.05) is 24.4 Å². The molecule has 2 aromatic heterocycles. The van der Waals surface area contributed by atoms with E-state index >= 15 is 0 Å². The zero-order valence-corrected chi connectivity index (χ0v) is 14.6. The molecular formula is C18H24N4O3. The number of rotatable bonds is 4. The van der Waals surface area contributed by atoms with Crippen LogP contribution in [0.3, 0.4) is 0 Å². The van der Waals surface area contributed by atoms with Crippen molar-refractivity contribution in [2.75, 3.05) is 6.61 Å². The average Bonchev–Trinajstić information content (AvgIpc) is 3.24. The van der Waals surface area contributed by atoms with Crippen LogP contribution >= 0.6 is 0 Å². The molecule has 0 aromatic carbocycles. The van der Waals surface area contributed by atoms with E-state index in [4.69, 9.17) is 9.26 Å². The monoisotopic (exact) mass is 344 g/mol. The molecule has 1 aliphatic heterocycles. The topological polar surface area (TPSA) is 82.2 Å². The van der Waals surface area contributed by atoms with Crippen LogP contribution in [-0.2, 0) is 24.3 Å². The standard InChI is InChI=1S/C18H24N4O3/c1-12-9-15(20-22(12)13-5-3-2-4-6-13)18(23)19-10-16-14-11-24-8-7-17(14)25-21-16/h9,13H,2-8,10-11H2,1H3,(H,19,23). The first-order chi connectivity index (χ1) is 12.2. The fourth-order valence-electron chi connectivity index (χ4n) is 3.77. The molecule has 0 saturated heterocycles. The Hall–Kier alpha value is -2.15. The van der Waals surface area contributed by atoms with Gasteiger partial charge >= 0.3 is 0 Å². The highest BCUT2D eigenvalue weighted by Gasteiger charge is 2.22. The number of fused-ring (bicyclic) bond motifs is 1. The molecule has 0 unspecified atom stereocenters. The summed E-state index contributed by atoms with van der Waals surface area (Å²) < 4.78 is 12.8. The van der Waals surface area contributed by atoms with Gasteiger partial charge in [-0.3, -0.25) is 9.48 Å². The van der Waals surface area contributed by atoms with E-state index in [1.807, 2.05) is 17.7 Å². The van der Waals surface area contributed by atoms with E-state index in [9.17, 15) is 4.79 Å². The van der Waals surface area contributed by atoms with Gasteiger partial charge in [-0.25, -0.2) is 0 Å². The minimum absolute atomic E-state index is 0.175. The number of carbonyl (C=O) groups excluding carboxylic acids is 1. The molecule has 0 atom stereocenters. The lowest BCUT2D eigenvalue weighted by atomic mass is 9.95. The number of nitrogens with zero attached hydrogens (tertiary/aromatic N) is 3. The van der Waals surface area contributed by atoms with Crippen molar-refractivity contribution >= 4 is 5.91 Å². The average molecular weight is 344 g/mol. The van der Waals surface area contributed by atoms with Crippen LogP contribution < -0.4 is 5.32 Å². The van der Waals surface area contributed by atoms with Crippen molar-refractivity contribution in [3.05, 3.63) is 34.5 Å². The number of hydrogen-bond donors (Lipinski definition) is 1. The molecule has 0 radical (unpaired) electrons. The minimum atomic E-state index is -0.175. The first-order valence-electron chi connectivity index (χ1n) is 9.11. The third-order valence-electron chi connectivity index (χ3n) is 5.16. The molecule has 0 spiro atoms. The number of ether oxygens (including phenoxy) is 1. The summed E-state index contributed by atoms with van der Waals surface area (Å²) in [5, 5.41) is 11.5. The van der Waals surface area contributed by atoms with E-state index in [2.05, 4.69) is 15.6 Å². The van der Waals surface area contributed by atoms with Crippen LogP contribution in [0.2, 0.25) is 0 Å². The molecular weight excluding hydrogens is 320 g/mol. The lowest BCUT2D eigenvalue weighted by Crippen LogP contribution is -2.25. The minimum Gasteiger partial charge on any atom is -0.376 e. The van der Waals surface area contributed by atoms with Gasteiger partial charge in [0.05, 0.1) is 25.8 Å². The number of nitrogens with one attached hydrogen (secondary N) is 1. The van der Waals surface area contributed by atoms with Crippen LogP contribution in [0, 0.1) is 6.92 Å².